The molecule has 0 aliphatic carbocycles. The van der Waals surface area contributed by atoms with E-state index in [4.69, 9.17) is 5.26 Å². The van der Waals surface area contributed by atoms with Crippen LogP contribution in [0.4, 0.5) is 24.7 Å². The summed E-state index contributed by atoms with van der Waals surface area (Å²) in [6, 6.07) is 11.7. The van der Waals surface area contributed by atoms with Crippen LogP contribution in [-0.2, 0) is 6.18 Å². The number of alkyl halides is 3. The van der Waals surface area contributed by atoms with Crippen LogP contribution in [0.5, 0.6) is 0 Å². The molecule has 0 unspecified atom stereocenters. The second-order valence-electron chi connectivity index (χ2n) is 7.45. The van der Waals surface area contributed by atoms with Crippen molar-refractivity contribution < 1.29 is 13.2 Å². The standard InChI is InChI=1S/C21H20F3N5S/c1-29-8-6-13(7-9-29)14-2-4-17(16(10-14)21(22,23)24)26-20-11-18(27-28-20)19-5-3-15(12-25)30-19/h2-5,10-11,13H,6-9H2,1H3,(H2,26,27,28). The first-order valence-electron chi connectivity index (χ1n) is 9.56. The zero-order chi connectivity index (χ0) is 21.3. The Morgan fingerprint density at radius 2 is 1.97 bits per heavy atom. The second kappa shape index (κ2) is 8.13. The molecule has 0 bridgehead atoms. The summed E-state index contributed by atoms with van der Waals surface area (Å²) in [5.74, 6) is 0.427. The van der Waals surface area contributed by atoms with Gasteiger partial charge in [-0.15, -0.1) is 11.3 Å². The van der Waals surface area contributed by atoms with E-state index in [-0.39, 0.29) is 17.4 Å². The lowest BCUT2D eigenvalue weighted by atomic mass is 9.88. The molecule has 0 amide bonds. The van der Waals surface area contributed by atoms with Crippen LogP contribution in [-0.4, -0.2) is 35.2 Å². The highest BCUT2D eigenvalue weighted by Gasteiger charge is 2.35. The number of benzene rings is 1. The summed E-state index contributed by atoms with van der Waals surface area (Å²) < 4.78 is 41.3. The van der Waals surface area contributed by atoms with Gasteiger partial charge < -0.3 is 10.2 Å². The third-order valence-electron chi connectivity index (χ3n) is 5.36. The molecule has 1 aromatic carbocycles. The molecular formula is C21H20F3N5S. The Kier molecular flexibility index (Phi) is 5.54. The number of rotatable bonds is 4. The molecule has 2 N–H and O–H groups in total. The Morgan fingerprint density at radius 3 is 2.63 bits per heavy atom. The lowest BCUT2D eigenvalue weighted by Crippen LogP contribution is -2.29. The average Bonchev–Trinajstić information content (AvgIpc) is 3.37. The van der Waals surface area contributed by atoms with Crippen LogP contribution < -0.4 is 5.32 Å². The number of thiophene rings is 1. The highest BCUT2D eigenvalue weighted by Crippen LogP contribution is 2.39. The van der Waals surface area contributed by atoms with E-state index in [0.29, 0.717) is 10.6 Å². The summed E-state index contributed by atoms with van der Waals surface area (Å²) >= 11 is 1.29. The topological polar surface area (TPSA) is 67.7 Å². The number of aromatic nitrogens is 2. The van der Waals surface area contributed by atoms with Crippen LogP contribution in [0.3, 0.4) is 0 Å². The molecule has 0 atom stereocenters. The molecule has 4 rings (SSSR count). The van der Waals surface area contributed by atoms with Crippen molar-refractivity contribution in [1.29, 1.82) is 5.26 Å². The fourth-order valence-corrected chi connectivity index (χ4v) is 4.46. The first-order chi connectivity index (χ1) is 14.3. The quantitative estimate of drug-likeness (QED) is 0.566. The van der Waals surface area contributed by atoms with E-state index in [1.807, 2.05) is 7.05 Å². The van der Waals surface area contributed by atoms with Crippen LogP contribution in [0.25, 0.3) is 10.6 Å². The summed E-state index contributed by atoms with van der Waals surface area (Å²) in [6.07, 6.45) is -2.76. The summed E-state index contributed by atoms with van der Waals surface area (Å²) in [4.78, 5) is 3.54. The zero-order valence-electron chi connectivity index (χ0n) is 16.3. The highest BCUT2D eigenvalue weighted by molar-refractivity contribution is 7.15. The van der Waals surface area contributed by atoms with Gasteiger partial charge in [-0.05, 0) is 68.7 Å². The van der Waals surface area contributed by atoms with Gasteiger partial charge in [0, 0.05) is 6.07 Å². The number of piperidine rings is 1. The van der Waals surface area contributed by atoms with E-state index in [2.05, 4.69) is 26.5 Å². The van der Waals surface area contributed by atoms with Crippen LogP contribution >= 0.6 is 11.3 Å². The number of nitriles is 1. The van der Waals surface area contributed by atoms with Gasteiger partial charge in [-0.3, -0.25) is 5.10 Å². The van der Waals surface area contributed by atoms with Crippen LogP contribution in [0.1, 0.15) is 34.8 Å². The molecule has 2 aromatic heterocycles. The number of halogens is 3. The van der Waals surface area contributed by atoms with Crippen molar-refractivity contribution in [2.24, 2.45) is 0 Å². The molecule has 30 heavy (non-hydrogen) atoms. The number of nitrogens with zero attached hydrogens (tertiary/aromatic N) is 3. The molecule has 3 heterocycles. The van der Waals surface area contributed by atoms with Crippen LogP contribution in [0, 0.1) is 11.3 Å². The number of hydrogen-bond acceptors (Lipinski definition) is 5. The van der Waals surface area contributed by atoms with Crippen molar-refractivity contribution in [2.75, 3.05) is 25.5 Å². The van der Waals surface area contributed by atoms with Crippen molar-refractivity contribution in [1.82, 2.24) is 15.1 Å². The number of aromatic amines is 1. The molecule has 1 saturated heterocycles. The van der Waals surface area contributed by atoms with Gasteiger partial charge in [-0.2, -0.15) is 23.5 Å². The molecule has 5 nitrogen and oxygen atoms in total. The Morgan fingerprint density at radius 1 is 1.20 bits per heavy atom. The fourth-order valence-electron chi connectivity index (χ4n) is 3.69. The Labute approximate surface area is 176 Å². The normalized spacial score (nSPS) is 15.8. The minimum absolute atomic E-state index is 0.0267. The van der Waals surface area contributed by atoms with Gasteiger partial charge in [0.1, 0.15) is 10.9 Å². The monoisotopic (exact) mass is 431 g/mol. The molecule has 9 heteroatoms. The lowest BCUT2D eigenvalue weighted by molar-refractivity contribution is -0.137. The smallest absolute Gasteiger partial charge is 0.338 e. The maximum absolute atomic E-state index is 13.8. The first-order valence-corrected chi connectivity index (χ1v) is 10.4. The van der Waals surface area contributed by atoms with Gasteiger partial charge in [-0.1, -0.05) is 6.07 Å². The van der Waals surface area contributed by atoms with Crippen LogP contribution in [0.15, 0.2) is 36.4 Å². The number of H-pyrrole nitrogens is 1. The Bertz CT molecular complexity index is 1070. The van der Waals surface area contributed by atoms with Gasteiger partial charge in [0.2, 0.25) is 0 Å². The van der Waals surface area contributed by atoms with E-state index in [1.165, 1.54) is 23.5 Å². The molecule has 3 aromatic rings. The summed E-state index contributed by atoms with van der Waals surface area (Å²) in [6.45, 7) is 1.77. The molecule has 1 fully saturated rings. The van der Waals surface area contributed by atoms with E-state index >= 15 is 0 Å². The van der Waals surface area contributed by atoms with E-state index < -0.39 is 11.7 Å². The summed E-state index contributed by atoms with van der Waals surface area (Å²) in [5.41, 5.74) is 0.652. The summed E-state index contributed by atoms with van der Waals surface area (Å²) in [7, 11) is 2.03. The molecule has 156 valence electrons. The van der Waals surface area contributed by atoms with Crippen molar-refractivity contribution >= 4 is 22.8 Å². The van der Waals surface area contributed by atoms with Gasteiger partial charge in [0.05, 0.1) is 21.8 Å². The minimum atomic E-state index is -4.47. The van der Waals surface area contributed by atoms with Crippen molar-refractivity contribution in [3.05, 3.63) is 52.4 Å². The molecule has 0 saturated carbocycles. The van der Waals surface area contributed by atoms with Gasteiger partial charge in [-0.25, -0.2) is 0 Å². The third kappa shape index (κ3) is 4.35. The fraction of sp³-hybridized carbons (Fsp3) is 0.333. The predicted molar refractivity (Wildman–Crippen MR) is 111 cm³/mol. The predicted octanol–water partition coefficient (Wildman–Crippen LogP) is 5.58. The van der Waals surface area contributed by atoms with Crippen molar-refractivity contribution in [3.63, 3.8) is 0 Å². The van der Waals surface area contributed by atoms with E-state index in [1.54, 1.807) is 24.3 Å². The van der Waals surface area contributed by atoms with Gasteiger partial charge in [0.25, 0.3) is 0 Å². The zero-order valence-corrected chi connectivity index (χ0v) is 17.1. The second-order valence-corrected chi connectivity index (χ2v) is 8.53. The number of anilines is 2. The number of likely N-dealkylation sites (tertiary alicyclic amines) is 1. The van der Waals surface area contributed by atoms with Crippen molar-refractivity contribution in [2.45, 2.75) is 24.9 Å². The maximum Gasteiger partial charge on any atom is 0.418 e. The van der Waals surface area contributed by atoms with Gasteiger partial charge in [0.15, 0.2) is 5.82 Å². The summed E-state index contributed by atoms with van der Waals surface area (Å²) in [5, 5.41) is 18.6. The molecule has 0 radical (unpaired) electrons. The first kappa shape index (κ1) is 20.4. The lowest BCUT2D eigenvalue weighted by Gasteiger charge is -2.29. The largest absolute Gasteiger partial charge is 0.418 e. The van der Waals surface area contributed by atoms with Crippen molar-refractivity contribution in [3.8, 4) is 16.6 Å². The number of hydrogen-bond donors (Lipinski definition) is 2. The molecule has 0 spiro atoms. The van der Waals surface area contributed by atoms with E-state index in [9.17, 15) is 13.2 Å². The van der Waals surface area contributed by atoms with E-state index in [0.717, 1.165) is 36.4 Å². The third-order valence-corrected chi connectivity index (χ3v) is 6.38. The highest BCUT2D eigenvalue weighted by atomic mass is 32.1. The average molecular weight is 431 g/mol. The Balaban J connectivity index is 1.58. The SMILES string of the molecule is CN1CCC(c2ccc(Nc3cc(-c4ccc(C#N)s4)[nH]n3)c(C(F)(F)F)c2)CC1. The molecule has 1 aliphatic rings. The number of nitrogens with one attached hydrogen (secondary N) is 2. The Hall–Kier alpha value is -2.83. The molecular weight excluding hydrogens is 411 g/mol. The van der Waals surface area contributed by atoms with Crippen LogP contribution in [0.2, 0.25) is 0 Å². The molecule has 1 aliphatic heterocycles. The van der Waals surface area contributed by atoms with Gasteiger partial charge >= 0.3 is 6.18 Å². The minimum Gasteiger partial charge on any atom is -0.338 e. The maximum atomic E-state index is 13.8.